The average Bonchev–Trinajstić information content (AvgIpc) is 2.72. The van der Waals surface area contributed by atoms with Crippen LogP contribution in [-0.4, -0.2) is 39.4 Å². The number of morpholine rings is 1. The molecule has 0 aliphatic carbocycles. The van der Waals surface area contributed by atoms with Crippen LogP contribution < -0.4 is 10.3 Å². The van der Waals surface area contributed by atoms with Gasteiger partial charge in [-0.25, -0.2) is 0 Å². The maximum absolute atomic E-state index is 6.17. The average molecular weight is 363 g/mol. The fraction of sp³-hybridized carbons (Fsp3) is 0.348. The molecule has 140 valence electrons. The van der Waals surface area contributed by atoms with E-state index >= 15 is 0 Å². The van der Waals surface area contributed by atoms with Crippen LogP contribution in [0.25, 0.3) is 22.3 Å². The third-order valence-corrected chi connectivity index (χ3v) is 5.13. The minimum absolute atomic E-state index is 0.839. The van der Waals surface area contributed by atoms with Crippen LogP contribution in [0.15, 0.2) is 64.0 Å². The SMILES string of the molecule is Cc1ccc2oc(-c3ccccc3)cc(=NCCC[NH+]3CCOCC3)c2c1. The fourth-order valence-corrected chi connectivity index (χ4v) is 3.60. The van der Waals surface area contributed by atoms with E-state index in [9.17, 15) is 0 Å². The second-order valence-corrected chi connectivity index (χ2v) is 7.21. The Morgan fingerprint density at radius 3 is 2.63 bits per heavy atom. The Kier molecular flexibility index (Phi) is 5.66. The van der Waals surface area contributed by atoms with E-state index in [-0.39, 0.29) is 0 Å². The van der Waals surface area contributed by atoms with Gasteiger partial charge in [0.15, 0.2) is 0 Å². The lowest BCUT2D eigenvalue weighted by Gasteiger charge is -2.23. The van der Waals surface area contributed by atoms with Crippen molar-refractivity contribution in [3.05, 3.63) is 65.5 Å². The molecule has 2 heterocycles. The second-order valence-electron chi connectivity index (χ2n) is 7.21. The Morgan fingerprint density at radius 2 is 1.81 bits per heavy atom. The van der Waals surface area contributed by atoms with Crippen LogP contribution in [0.4, 0.5) is 0 Å². The number of rotatable bonds is 5. The lowest BCUT2D eigenvalue weighted by atomic mass is 10.1. The molecule has 0 atom stereocenters. The van der Waals surface area contributed by atoms with Gasteiger partial charge in [0.05, 0.1) is 25.1 Å². The number of benzene rings is 2. The number of nitrogens with one attached hydrogen (secondary N) is 1. The molecule has 4 heteroatoms. The van der Waals surface area contributed by atoms with Crippen LogP contribution in [-0.2, 0) is 4.74 Å². The Hall–Kier alpha value is -2.43. The normalized spacial score (nSPS) is 16.1. The summed E-state index contributed by atoms with van der Waals surface area (Å²) in [6.07, 6.45) is 1.09. The Balaban J connectivity index is 1.61. The lowest BCUT2D eigenvalue weighted by molar-refractivity contribution is -0.908. The molecule has 0 unspecified atom stereocenters. The maximum Gasteiger partial charge on any atom is 0.136 e. The van der Waals surface area contributed by atoms with Gasteiger partial charge < -0.3 is 14.1 Å². The molecule has 0 amide bonds. The zero-order valence-electron chi connectivity index (χ0n) is 15.9. The summed E-state index contributed by atoms with van der Waals surface area (Å²) in [5.41, 5.74) is 3.19. The number of hydrogen-bond acceptors (Lipinski definition) is 3. The predicted molar refractivity (Wildman–Crippen MR) is 108 cm³/mol. The number of fused-ring (bicyclic) bond motifs is 1. The summed E-state index contributed by atoms with van der Waals surface area (Å²) in [5, 5.41) is 2.11. The summed E-state index contributed by atoms with van der Waals surface area (Å²) in [6.45, 7) is 8.11. The molecular formula is C23H27N2O2+. The predicted octanol–water partition coefficient (Wildman–Crippen LogP) is 2.61. The van der Waals surface area contributed by atoms with Gasteiger partial charge in [0.2, 0.25) is 0 Å². The van der Waals surface area contributed by atoms with Gasteiger partial charge in [-0.2, -0.15) is 0 Å². The van der Waals surface area contributed by atoms with Gasteiger partial charge in [0.25, 0.3) is 0 Å². The minimum Gasteiger partial charge on any atom is -0.456 e. The van der Waals surface area contributed by atoms with Crippen LogP contribution in [0.3, 0.4) is 0 Å². The third-order valence-electron chi connectivity index (χ3n) is 5.13. The van der Waals surface area contributed by atoms with Gasteiger partial charge in [0.1, 0.15) is 24.4 Å². The highest BCUT2D eigenvalue weighted by molar-refractivity contribution is 5.79. The van der Waals surface area contributed by atoms with Gasteiger partial charge >= 0.3 is 0 Å². The summed E-state index contributed by atoms with van der Waals surface area (Å²) in [5.74, 6) is 0.865. The number of nitrogens with zero attached hydrogens (tertiary/aromatic N) is 1. The molecule has 1 N–H and O–H groups in total. The molecule has 0 saturated carbocycles. The van der Waals surface area contributed by atoms with E-state index < -0.39 is 0 Å². The molecule has 2 aromatic carbocycles. The summed E-state index contributed by atoms with van der Waals surface area (Å²) in [4.78, 5) is 6.57. The van der Waals surface area contributed by atoms with E-state index in [0.717, 1.165) is 73.5 Å². The van der Waals surface area contributed by atoms with E-state index in [0.29, 0.717) is 0 Å². The van der Waals surface area contributed by atoms with Crippen LogP contribution >= 0.6 is 0 Å². The van der Waals surface area contributed by atoms with Gasteiger partial charge in [0, 0.05) is 30.0 Å². The molecule has 1 aliphatic rings. The van der Waals surface area contributed by atoms with Crippen LogP contribution in [0.2, 0.25) is 0 Å². The summed E-state index contributed by atoms with van der Waals surface area (Å²) in [6, 6.07) is 18.6. The van der Waals surface area contributed by atoms with Crippen molar-refractivity contribution in [2.24, 2.45) is 4.99 Å². The summed E-state index contributed by atoms with van der Waals surface area (Å²) < 4.78 is 11.6. The van der Waals surface area contributed by atoms with E-state index in [1.807, 2.05) is 24.3 Å². The lowest BCUT2D eigenvalue weighted by Crippen LogP contribution is -3.14. The first-order valence-corrected chi connectivity index (χ1v) is 9.81. The molecule has 0 spiro atoms. The van der Waals surface area contributed by atoms with E-state index in [1.54, 1.807) is 4.90 Å². The smallest absolute Gasteiger partial charge is 0.136 e. The number of quaternary nitrogens is 1. The highest BCUT2D eigenvalue weighted by Crippen LogP contribution is 2.22. The van der Waals surface area contributed by atoms with E-state index in [1.165, 1.54) is 5.56 Å². The zero-order chi connectivity index (χ0) is 18.5. The number of ether oxygens (including phenoxy) is 1. The standard InChI is InChI=1S/C23H26N2O2/c1-18-8-9-22-20(16-18)21(17-23(27-22)19-6-3-2-4-7-19)24-10-5-11-25-12-14-26-15-13-25/h2-4,6-9,16-17H,5,10-15H2,1H3/p+1. The Morgan fingerprint density at radius 1 is 1.00 bits per heavy atom. The van der Waals surface area contributed by atoms with Crippen molar-refractivity contribution < 1.29 is 14.1 Å². The van der Waals surface area contributed by atoms with Crippen molar-refractivity contribution in [2.45, 2.75) is 13.3 Å². The van der Waals surface area contributed by atoms with Crippen molar-refractivity contribution in [2.75, 3.05) is 39.4 Å². The molecule has 0 radical (unpaired) electrons. The van der Waals surface area contributed by atoms with Gasteiger partial charge in [-0.3, -0.25) is 4.99 Å². The van der Waals surface area contributed by atoms with Gasteiger partial charge in [-0.1, -0.05) is 42.0 Å². The number of aryl methyl sites for hydroxylation is 1. The molecule has 4 nitrogen and oxygen atoms in total. The van der Waals surface area contributed by atoms with Crippen molar-refractivity contribution in [3.63, 3.8) is 0 Å². The fourth-order valence-electron chi connectivity index (χ4n) is 3.60. The van der Waals surface area contributed by atoms with Crippen LogP contribution in [0.5, 0.6) is 0 Å². The molecule has 4 rings (SSSR count). The monoisotopic (exact) mass is 363 g/mol. The molecule has 0 bridgehead atoms. The van der Waals surface area contributed by atoms with Crippen molar-refractivity contribution in [3.8, 4) is 11.3 Å². The van der Waals surface area contributed by atoms with Gasteiger partial charge in [-0.15, -0.1) is 0 Å². The van der Waals surface area contributed by atoms with Crippen LogP contribution in [0, 0.1) is 6.92 Å². The first-order chi connectivity index (χ1) is 13.3. The summed E-state index contributed by atoms with van der Waals surface area (Å²) in [7, 11) is 0. The first-order valence-electron chi connectivity index (χ1n) is 9.81. The molecular weight excluding hydrogens is 336 g/mol. The molecule has 27 heavy (non-hydrogen) atoms. The molecule has 1 saturated heterocycles. The molecule has 3 aromatic rings. The Labute approximate surface area is 160 Å². The molecule has 1 aliphatic heterocycles. The van der Waals surface area contributed by atoms with Gasteiger partial charge in [-0.05, 0) is 19.1 Å². The van der Waals surface area contributed by atoms with Crippen molar-refractivity contribution >= 4 is 11.0 Å². The molecule has 1 fully saturated rings. The van der Waals surface area contributed by atoms with Crippen molar-refractivity contribution in [1.82, 2.24) is 0 Å². The number of hydrogen-bond donors (Lipinski definition) is 1. The highest BCUT2D eigenvalue weighted by Gasteiger charge is 2.12. The first kappa shape index (κ1) is 18.0. The van der Waals surface area contributed by atoms with Crippen molar-refractivity contribution in [1.29, 1.82) is 0 Å². The minimum atomic E-state index is 0.839. The summed E-state index contributed by atoms with van der Waals surface area (Å²) >= 11 is 0. The zero-order valence-corrected chi connectivity index (χ0v) is 15.9. The Bertz CT molecular complexity index is 957. The highest BCUT2D eigenvalue weighted by atomic mass is 16.5. The van der Waals surface area contributed by atoms with E-state index in [2.05, 4.69) is 37.3 Å². The second kappa shape index (κ2) is 8.51. The quantitative estimate of drug-likeness (QED) is 0.708. The topological polar surface area (TPSA) is 39.2 Å². The van der Waals surface area contributed by atoms with E-state index in [4.69, 9.17) is 14.1 Å². The maximum atomic E-state index is 6.17. The molecule has 1 aromatic heterocycles. The van der Waals surface area contributed by atoms with Crippen LogP contribution in [0.1, 0.15) is 12.0 Å². The third kappa shape index (κ3) is 4.46. The largest absolute Gasteiger partial charge is 0.456 e.